The minimum atomic E-state index is 0.453. The first kappa shape index (κ1) is 15.1. The molecular weight excluding hydrogens is 266 g/mol. The third kappa shape index (κ3) is 4.09. The summed E-state index contributed by atoms with van der Waals surface area (Å²) in [5.74, 6) is 0.453. The van der Waals surface area contributed by atoms with E-state index >= 15 is 0 Å². The van der Waals surface area contributed by atoms with Crippen LogP contribution in [0, 0.1) is 6.92 Å². The quantitative estimate of drug-likeness (QED) is 0.820. The molecule has 106 valence electrons. The van der Waals surface area contributed by atoms with Crippen LogP contribution in [-0.2, 0) is 6.42 Å². The maximum Gasteiger partial charge on any atom is 0.0408 e. The van der Waals surface area contributed by atoms with Gasteiger partial charge in [0.1, 0.15) is 0 Å². The summed E-state index contributed by atoms with van der Waals surface area (Å²) in [6.07, 6.45) is 1.04. The molecule has 0 heterocycles. The fraction of sp³-hybridized carbons (Fsp3) is 0.333. The Hall–Kier alpha value is -1.31. The first-order valence-corrected chi connectivity index (χ1v) is 7.59. The van der Waals surface area contributed by atoms with E-state index in [1.165, 1.54) is 16.7 Å². The van der Waals surface area contributed by atoms with E-state index in [4.69, 9.17) is 11.6 Å². The normalized spacial score (nSPS) is 12.3. The van der Waals surface area contributed by atoms with Crippen LogP contribution in [0.25, 0.3) is 0 Å². The molecule has 2 aromatic rings. The van der Waals surface area contributed by atoms with Gasteiger partial charge in [0, 0.05) is 17.5 Å². The van der Waals surface area contributed by atoms with Crippen molar-refractivity contribution in [3.63, 3.8) is 0 Å². The summed E-state index contributed by atoms with van der Waals surface area (Å²) in [7, 11) is 0. The molecule has 0 bridgehead atoms. The van der Waals surface area contributed by atoms with Crippen molar-refractivity contribution >= 4 is 11.6 Å². The average Bonchev–Trinajstić information content (AvgIpc) is 2.45. The molecule has 0 amide bonds. The first-order valence-electron chi connectivity index (χ1n) is 7.21. The molecule has 0 saturated carbocycles. The van der Waals surface area contributed by atoms with Gasteiger partial charge in [0.05, 0.1) is 0 Å². The summed E-state index contributed by atoms with van der Waals surface area (Å²) in [6.45, 7) is 6.29. The number of hydrogen-bond acceptors (Lipinski definition) is 1. The lowest BCUT2D eigenvalue weighted by atomic mass is 9.90. The van der Waals surface area contributed by atoms with E-state index in [-0.39, 0.29) is 0 Å². The highest BCUT2D eigenvalue weighted by molar-refractivity contribution is 6.30. The molecule has 0 aromatic heterocycles. The van der Waals surface area contributed by atoms with Gasteiger partial charge >= 0.3 is 0 Å². The van der Waals surface area contributed by atoms with Crippen LogP contribution in [0.15, 0.2) is 48.5 Å². The Bertz CT molecular complexity index is 551. The van der Waals surface area contributed by atoms with E-state index in [0.717, 1.165) is 24.5 Å². The van der Waals surface area contributed by atoms with Gasteiger partial charge in [-0.1, -0.05) is 54.9 Å². The van der Waals surface area contributed by atoms with Crippen molar-refractivity contribution in [1.82, 2.24) is 5.32 Å². The molecule has 1 nitrogen and oxygen atoms in total. The molecule has 1 atom stereocenters. The van der Waals surface area contributed by atoms with Gasteiger partial charge < -0.3 is 5.32 Å². The fourth-order valence-corrected chi connectivity index (χ4v) is 2.69. The van der Waals surface area contributed by atoms with Gasteiger partial charge in [-0.3, -0.25) is 0 Å². The Morgan fingerprint density at radius 1 is 1.10 bits per heavy atom. The molecule has 0 aliphatic rings. The third-order valence-corrected chi connectivity index (χ3v) is 3.92. The number of rotatable bonds is 6. The van der Waals surface area contributed by atoms with Crippen LogP contribution in [0.1, 0.15) is 29.5 Å². The van der Waals surface area contributed by atoms with Gasteiger partial charge in [0.15, 0.2) is 0 Å². The van der Waals surface area contributed by atoms with Crippen molar-refractivity contribution in [3.8, 4) is 0 Å². The third-order valence-electron chi connectivity index (χ3n) is 3.69. The monoisotopic (exact) mass is 287 g/mol. The van der Waals surface area contributed by atoms with Crippen molar-refractivity contribution < 1.29 is 0 Å². The Morgan fingerprint density at radius 2 is 1.90 bits per heavy atom. The number of nitrogens with one attached hydrogen (secondary N) is 1. The summed E-state index contributed by atoms with van der Waals surface area (Å²) in [5.41, 5.74) is 4.08. The minimum absolute atomic E-state index is 0.453. The highest BCUT2D eigenvalue weighted by Crippen LogP contribution is 2.24. The molecular formula is C18H22ClN. The second-order valence-corrected chi connectivity index (χ2v) is 5.63. The maximum atomic E-state index is 6.14. The molecule has 0 fully saturated rings. The van der Waals surface area contributed by atoms with Gasteiger partial charge in [-0.2, -0.15) is 0 Å². The van der Waals surface area contributed by atoms with Crippen LogP contribution in [0.2, 0.25) is 5.02 Å². The largest absolute Gasteiger partial charge is 0.316 e. The number of aryl methyl sites for hydroxylation is 1. The van der Waals surface area contributed by atoms with E-state index in [0.29, 0.717) is 5.92 Å². The van der Waals surface area contributed by atoms with Crippen molar-refractivity contribution in [2.24, 2.45) is 0 Å². The lowest BCUT2D eigenvalue weighted by Gasteiger charge is -2.19. The molecule has 20 heavy (non-hydrogen) atoms. The molecule has 0 radical (unpaired) electrons. The van der Waals surface area contributed by atoms with Crippen LogP contribution >= 0.6 is 11.6 Å². The van der Waals surface area contributed by atoms with Crippen LogP contribution in [0.5, 0.6) is 0 Å². The van der Waals surface area contributed by atoms with Crippen molar-refractivity contribution in [2.45, 2.75) is 26.2 Å². The van der Waals surface area contributed by atoms with E-state index in [1.54, 1.807) is 0 Å². The number of halogens is 1. The predicted molar refractivity (Wildman–Crippen MR) is 87.6 cm³/mol. The van der Waals surface area contributed by atoms with Crippen LogP contribution in [0.4, 0.5) is 0 Å². The van der Waals surface area contributed by atoms with E-state index in [2.05, 4.69) is 55.6 Å². The zero-order valence-electron chi connectivity index (χ0n) is 12.2. The molecule has 2 heteroatoms. The Balaban J connectivity index is 2.21. The average molecular weight is 288 g/mol. The van der Waals surface area contributed by atoms with Gasteiger partial charge in [-0.15, -0.1) is 0 Å². The summed E-state index contributed by atoms with van der Waals surface area (Å²) in [6, 6.07) is 16.8. The van der Waals surface area contributed by atoms with Gasteiger partial charge in [-0.25, -0.2) is 0 Å². The smallest absolute Gasteiger partial charge is 0.0408 e. The highest BCUT2D eigenvalue weighted by Gasteiger charge is 2.13. The first-order chi connectivity index (χ1) is 9.70. The van der Waals surface area contributed by atoms with Gasteiger partial charge in [0.2, 0.25) is 0 Å². The Morgan fingerprint density at radius 3 is 2.60 bits per heavy atom. The Labute approximate surface area is 127 Å². The molecule has 0 aliphatic heterocycles. The SMILES string of the molecule is CCNCC(Cc1ccccc1C)c1cccc(Cl)c1. The summed E-state index contributed by atoms with van der Waals surface area (Å²) in [4.78, 5) is 0. The molecule has 2 aromatic carbocycles. The summed E-state index contributed by atoms with van der Waals surface area (Å²) < 4.78 is 0. The molecule has 1 N–H and O–H groups in total. The van der Waals surface area contributed by atoms with Crippen molar-refractivity contribution in [1.29, 1.82) is 0 Å². The van der Waals surface area contributed by atoms with Crippen LogP contribution in [-0.4, -0.2) is 13.1 Å². The molecule has 1 unspecified atom stereocenters. The van der Waals surface area contributed by atoms with Gasteiger partial charge in [-0.05, 0) is 48.7 Å². The zero-order chi connectivity index (χ0) is 14.4. The molecule has 0 saturated heterocycles. The number of likely N-dealkylation sites (N-methyl/N-ethyl adjacent to an activating group) is 1. The zero-order valence-corrected chi connectivity index (χ0v) is 13.0. The number of hydrogen-bond donors (Lipinski definition) is 1. The lowest BCUT2D eigenvalue weighted by Crippen LogP contribution is -2.22. The minimum Gasteiger partial charge on any atom is -0.316 e. The standard InChI is InChI=1S/C18H22ClN/c1-3-20-13-17(16-9-6-10-18(19)12-16)11-15-8-5-4-7-14(15)2/h4-10,12,17,20H,3,11,13H2,1-2H3. The van der Waals surface area contributed by atoms with E-state index < -0.39 is 0 Å². The van der Waals surface area contributed by atoms with E-state index in [9.17, 15) is 0 Å². The summed E-state index contributed by atoms with van der Waals surface area (Å²) in [5, 5.41) is 4.28. The number of benzene rings is 2. The van der Waals surface area contributed by atoms with Crippen molar-refractivity contribution in [3.05, 3.63) is 70.2 Å². The molecule has 0 spiro atoms. The second kappa shape index (κ2) is 7.47. The second-order valence-electron chi connectivity index (χ2n) is 5.19. The lowest BCUT2D eigenvalue weighted by molar-refractivity contribution is 0.594. The van der Waals surface area contributed by atoms with Crippen LogP contribution in [0.3, 0.4) is 0 Å². The Kier molecular flexibility index (Phi) is 5.63. The van der Waals surface area contributed by atoms with Gasteiger partial charge in [0.25, 0.3) is 0 Å². The fourth-order valence-electron chi connectivity index (χ4n) is 2.49. The van der Waals surface area contributed by atoms with E-state index in [1.807, 2.05) is 12.1 Å². The summed E-state index contributed by atoms with van der Waals surface area (Å²) >= 11 is 6.14. The highest BCUT2D eigenvalue weighted by atomic mass is 35.5. The topological polar surface area (TPSA) is 12.0 Å². The van der Waals surface area contributed by atoms with Crippen LogP contribution < -0.4 is 5.32 Å². The molecule has 0 aliphatic carbocycles. The molecule has 2 rings (SSSR count). The predicted octanol–water partition coefficient (Wildman–Crippen LogP) is 4.58. The van der Waals surface area contributed by atoms with Crippen molar-refractivity contribution in [2.75, 3.05) is 13.1 Å². The maximum absolute atomic E-state index is 6.14.